The molecule has 0 aliphatic heterocycles. The number of sulfonamides is 1. The van der Waals surface area contributed by atoms with Gasteiger partial charge < -0.3 is 10.2 Å². The van der Waals surface area contributed by atoms with Gasteiger partial charge in [-0.25, -0.2) is 8.42 Å². The molecule has 3 aromatic carbocycles. The molecule has 3 aromatic rings. The second-order valence-corrected chi connectivity index (χ2v) is 13.2. The smallest absolute Gasteiger partial charge is 0.243 e. The molecule has 41 heavy (non-hydrogen) atoms. The minimum atomic E-state index is -3.56. The lowest BCUT2D eigenvalue weighted by Crippen LogP contribution is -2.50. The standard InChI is InChI=1S/C32H40BrN3O4S/c1-5-18-34-32(38)30(22-26-11-7-6-8-12-26)35(23-27-13-9-14-28(33)21-27)31(37)15-10-19-36(41(4,39)40)29-17-16-24(2)25(3)20-29/h6-9,11-14,16-17,20-21,30H,5,10,15,18-19,22-23H2,1-4H3,(H,34,38). The summed E-state index contributed by atoms with van der Waals surface area (Å²) in [4.78, 5) is 29.0. The summed E-state index contributed by atoms with van der Waals surface area (Å²) in [7, 11) is -3.56. The van der Waals surface area contributed by atoms with E-state index in [1.54, 1.807) is 11.0 Å². The molecule has 0 spiro atoms. The summed E-state index contributed by atoms with van der Waals surface area (Å²) in [6.07, 6.45) is 2.73. The first-order valence-electron chi connectivity index (χ1n) is 13.9. The van der Waals surface area contributed by atoms with Crippen LogP contribution in [0.2, 0.25) is 0 Å². The van der Waals surface area contributed by atoms with E-state index in [0.717, 1.165) is 33.1 Å². The number of benzene rings is 3. The predicted molar refractivity (Wildman–Crippen MR) is 169 cm³/mol. The Balaban J connectivity index is 1.88. The third-order valence-corrected chi connectivity index (χ3v) is 8.68. The van der Waals surface area contributed by atoms with Gasteiger partial charge in [-0.2, -0.15) is 0 Å². The van der Waals surface area contributed by atoms with Gasteiger partial charge >= 0.3 is 0 Å². The van der Waals surface area contributed by atoms with Crippen LogP contribution in [0.15, 0.2) is 77.3 Å². The lowest BCUT2D eigenvalue weighted by molar-refractivity contribution is -0.141. The van der Waals surface area contributed by atoms with Crippen LogP contribution in [0.4, 0.5) is 5.69 Å². The Morgan fingerprint density at radius 3 is 2.27 bits per heavy atom. The highest BCUT2D eigenvalue weighted by atomic mass is 79.9. The molecule has 0 aromatic heterocycles. The molecule has 7 nitrogen and oxygen atoms in total. The quantitative estimate of drug-likeness (QED) is 0.242. The monoisotopic (exact) mass is 641 g/mol. The van der Waals surface area contributed by atoms with Crippen molar-refractivity contribution in [1.29, 1.82) is 0 Å². The molecular formula is C32H40BrN3O4S. The molecule has 1 unspecified atom stereocenters. The van der Waals surface area contributed by atoms with E-state index in [2.05, 4.69) is 21.2 Å². The first kappa shape index (κ1) is 32.3. The number of rotatable bonds is 14. The Morgan fingerprint density at radius 2 is 1.63 bits per heavy atom. The van der Waals surface area contributed by atoms with Gasteiger partial charge in [0.15, 0.2) is 0 Å². The molecular weight excluding hydrogens is 602 g/mol. The average molecular weight is 643 g/mol. The van der Waals surface area contributed by atoms with Gasteiger partial charge in [0, 0.05) is 36.9 Å². The highest BCUT2D eigenvalue weighted by Crippen LogP contribution is 2.23. The van der Waals surface area contributed by atoms with Crippen LogP contribution in [0.5, 0.6) is 0 Å². The molecule has 0 saturated heterocycles. The number of carbonyl (C=O) groups is 2. The Morgan fingerprint density at radius 1 is 0.927 bits per heavy atom. The highest BCUT2D eigenvalue weighted by Gasteiger charge is 2.30. The maximum atomic E-state index is 13.9. The molecule has 9 heteroatoms. The van der Waals surface area contributed by atoms with Crippen molar-refractivity contribution < 1.29 is 18.0 Å². The third-order valence-electron chi connectivity index (χ3n) is 6.99. The normalized spacial score (nSPS) is 12.0. The fourth-order valence-electron chi connectivity index (χ4n) is 4.64. The minimum absolute atomic E-state index is 0.0945. The van der Waals surface area contributed by atoms with Crippen LogP contribution in [0, 0.1) is 13.8 Å². The van der Waals surface area contributed by atoms with Crippen molar-refractivity contribution in [3.8, 4) is 0 Å². The van der Waals surface area contributed by atoms with E-state index in [0.29, 0.717) is 25.1 Å². The fraction of sp³-hybridized carbons (Fsp3) is 0.375. The summed E-state index contributed by atoms with van der Waals surface area (Å²) >= 11 is 3.51. The van der Waals surface area contributed by atoms with Gasteiger partial charge in [0.25, 0.3) is 0 Å². The largest absolute Gasteiger partial charge is 0.354 e. The van der Waals surface area contributed by atoms with Crippen LogP contribution < -0.4 is 9.62 Å². The molecule has 0 bridgehead atoms. The molecule has 3 rings (SSSR count). The number of amides is 2. The molecule has 0 radical (unpaired) electrons. The van der Waals surface area contributed by atoms with Crippen molar-refractivity contribution in [2.75, 3.05) is 23.7 Å². The van der Waals surface area contributed by atoms with Gasteiger partial charge in [-0.05, 0) is 73.2 Å². The van der Waals surface area contributed by atoms with Gasteiger partial charge in [-0.1, -0.05) is 71.4 Å². The number of anilines is 1. The first-order valence-corrected chi connectivity index (χ1v) is 16.5. The summed E-state index contributed by atoms with van der Waals surface area (Å²) in [5.41, 5.74) is 4.49. The fourth-order valence-corrected chi connectivity index (χ4v) is 6.04. The summed E-state index contributed by atoms with van der Waals surface area (Å²) < 4.78 is 27.6. The summed E-state index contributed by atoms with van der Waals surface area (Å²) in [5, 5.41) is 2.98. The lowest BCUT2D eigenvalue weighted by Gasteiger charge is -2.32. The third kappa shape index (κ3) is 9.71. The highest BCUT2D eigenvalue weighted by molar-refractivity contribution is 9.10. The number of aryl methyl sites for hydroxylation is 2. The van der Waals surface area contributed by atoms with Crippen molar-refractivity contribution >= 4 is 43.5 Å². The Bertz CT molecular complexity index is 1430. The molecule has 0 saturated carbocycles. The molecule has 0 heterocycles. The van der Waals surface area contributed by atoms with E-state index in [4.69, 9.17) is 0 Å². The molecule has 220 valence electrons. The SMILES string of the molecule is CCCNC(=O)C(Cc1ccccc1)N(Cc1cccc(Br)c1)C(=O)CCCN(c1ccc(C)c(C)c1)S(C)(=O)=O. The summed E-state index contributed by atoms with van der Waals surface area (Å²) in [5.74, 6) is -0.405. The predicted octanol–water partition coefficient (Wildman–Crippen LogP) is 5.78. The van der Waals surface area contributed by atoms with Gasteiger partial charge in [0.2, 0.25) is 21.8 Å². The number of nitrogens with zero attached hydrogens (tertiary/aromatic N) is 2. The van der Waals surface area contributed by atoms with Crippen LogP contribution in [0.1, 0.15) is 48.4 Å². The van der Waals surface area contributed by atoms with Crippen LogP contribution in [-0.2, 0) is 32.6 Å². The second kappa shape index (κ2) is 15.2. The van der Waals surface area contributed by atoms with Crippen molar-refractivity contribution in [3.63, 3.8) is 0 Å². The maximum absolute atomic E-state index is 13.9. The average Bonchev–Trinajstić information content (AvgIpc) is 2.93. The van der Waals surface area contributed by atoms with Crippen LogP contribution in [0.25, 0.3) is 0 Å². The lowest BCUT2D eigenvalue weighted by atomic mass is 10.0. The van der Waals surface area contributed by atoms with Crippen molar-refractivity contribution in [1.82, 2.24) is 10.2 Å². The van der Waals surface area contributed by atoms with Gasteiger partial charge in [-0.15, -0.1) is 0 Å². The number of hydrogen-bond acceptors (Lipinski definition) is 4. The Kier molecular flexibility index (Phi) is 12.0. The molecule has 0 fully saturated rings. The van der Waals surface area contributed by atoms with Crippen molar-refractivity contribution in [2.24, 2.45) is 0 Å². The van der Waals surface area contributed by atoms with Crippen molar-refractivity contribution in [3.05, 3.63) is 99.5 Å². The topological polar surface area (TPSA) is 86.8 Å². The zero-order valence-electron chi connectivity index (χ0n) is 24.3. The van der Waals surface area contributed by atoms with Gasteiger partial charge in [-0.3, -0.25) is 13.9 Å². The molecule has 0 aliphatic carbocycles. The van der Waals surface area contributed by atoms with E-state index < -0.39 is 16.1 Å². The zero-order chi connectivity index (χ0) is 30.0. The molecule has 1 atom stereocenters. The number of hydrogen-bond donors (Lipinski definition) is 1. The molecule has 0 aliphatic rings. The summed E-state index contributed by atoms with van der Waals surface area (Å²) in [6.45, 7) is 6.83. The van der Waals surface area contributed by atoms with Gasteiger partial charge in [0.05, 0.1) is 11.9 Å². The van der Waals surface area contributed by atoms with Gasteiger partial charge in [0.1, 0.15) is 6.04 Å². The minimum Gasteiger partial charge on any atom is -0.354 e. The summed E-state index contributed by atoms with van der Waals surface area (Å²) in [6, 6.07) is 22.2. The van der Waals surface area contributed by atoms with Crippen LogP contribution in [-0.4, -0.2) is 50.5 Å². The van der Waals surface area contributed by atoms with E-state index in [-0.39, 0.29) is 31.3 Å². The van der Waals surface area contributed by atoms with Crippen LogP contribution in [0.3, 0.4) is 0 Å². The van der Waals surface area contributed by atoms with E-state index in [9.17, 15) is 18.0 Å². The van der Waals surface area contributed by atoms with Crippen molar-refractivity contribution in [2.45, 2.75) is 59.0 Å². The number of halogens is 1. The maximum Gasteiger partial charge on any atom is 0.243 e. The van der Waals surface area contributed by atoms with Crippen LogP contribution >= 0.6 is 15.9 Å². The first-order chi connectivity index (χ1) is 19.5. The molecule has 2 amide bonds. The second-order valence-electron chi connectivity index (χ2n) is 10.4. The Labute approximate surface area is 253 Å². The van der Waals surface area contributed by atoms with E-state index in [1.807, 2.05) is 87.5 Å². The molecule has 1 N–H and O–H groups in total. The number of nitrogens with one attached hydrogen (secondary N) is 1. The zero-order valence-corrected chi connectivity index (χ0v) is 26.7. The Hall–Kier alpha value is -3.17. The van der Waals surface area contributed by atoms with E-state index >= 15 is 0 Å². The van der Waals surface area contributed by atoms with E-state index in [1.165, 1.54) is 10.6 Å². The number of carbonyl (C=O) groups excluding carboxylic acids is 2.